The van der Waals surface area contributed by atoms with Gasteiger partial charge in [0.25, 0.3) is 0 Å². The molecule has 0 spiro atoms. The fourth-order valence-corrected chi connectivity index (χ4v) is 3.28. The number of hydrogen-bond donors (Lipinski definition) is 2. The van der Waals surface area contributed by atoms with Gasteiger partial charge in [0.1, 0.15) is 5.58 Å². The zero-order valence-corrected chi connectivity index (χ0v) is 13.4. The van der Waals surface area contributed by atoms with Gasteiger partial charge in [-0.15, -0.1) is 0 Å². The van der Waals surface area contributed by atoms with Crippen LogP contribution in [0.4, 0.5) is 0 Å². The van der Waals surface area contributed by atoms with E-state index in [2.05, 4.69) is 5.32 Å². The first-order valence-electron chi connectivity index (χ1n) is 7.89. The second-order valence-electron chi connectivity index (χ2n) is 6.57. The Kier molecular flexibility index (Phi) is 3.88. The van der Waals surface area contributed by atoms with E-state index < -0.39 is 11.5 Å². The second-order valence-corrected chi connectivity index (χ2v) is 6.57. The number of rotatable bonds is 5. The van der Waals surface area contributed by atoms with Crippen molar-refractivity contribution in [3.63, 3.8) is 0 Å². The molecule has 2 N–H and O–H groups in total. The van der Waals surface area contributed by atoms with Crippen molar-refractivity contribution in [3.05, 3.63) is 35.1 Å². The van der Waals surface area contributed by atoms with E-state index in [4.69, 9.17) is 9.52 Å². The highest BCUT2D eigenvalue weighted by molar-refractivity contribution is 5.90. The molecule has 1 aliphatic carbocycles. The summed E-state index contributed by atoms with van der Waals surface area (Å²) < 4.78 is 5.62. The van der Waals surface area contributed by atoms with Crippen LogP contribution in [0.1, 0.15) is 42.4 Å². The highest BCUT2D eigenvalue weighted by Crippen LogP contribution is 2.35. The standard InChI is InChI=1S/C18H21NO4/c1-11-4-5-14-13(10-23-17(14)12(11)2)8-15(20)19-18(6-3-7-18)9-16(21)22/h4-5,10H,3,6-9H2,1-2H3,(H,19,20)(H,21,22). The van der Waals surface area contributed by atoms with Gasteiger partial charge in [-0.25, -0.2) is 0 Å². The molecule has 0 bridgehead atoms. The Bertz CT molecular complexity index is 771. The number of fused-ring (bicyclic) bond motifs is 1. The first kappa shape index (κ1) is 15.6. The van der Waals surface area contributed by atoms with Crippen molar-refractivity contribution in [1.29, 1.82) is 0 Å². The van der Waals surface area contributed by atoms with Gasteiger partial charge >= 0.3 is 5.97 Å². The molecule has 2 aromatic rings. The molecule has 1 aliphatic rings. The number of furan rings is 1. The van der Waals surface area contributed by atoms with Gasteiger partial charge in [0, 0.05) is 10.9 Å². The predicted octanol–water partition coefficient (Wildman–Crippen LogP) is 3.11. The monoisotopic (exact) mass is 315 g/mol. The van der Waals surface area contributed by atoms with Crippen LogP contribution in [0.5, 0.6) is 0 Å². The van der Waals surface area contributed by atoms with Crippen molar-refractivity contribution >= 4 is 22.8 Å². The van der Waals surface area contributed by atoms with Gasteiger partial charge in [-0.2, -0.15) is 0 Å². The summed E-state index contributed by atoms with van der Waals surface area (Å²) in [6, 6.07) is 3.99. The fraction of sp³-hybridized carbons (Fsp3) is 0.444. The number of aryl methyl sites for hydroxylation is 2. The number of nitrogens with one attached hydrogen (secondary N) is 1. The minimum atomic E-state index is -0.870. The van der Waals surface area contributed by atoms with E-state index in [1.165, 1.54) is 0 Å². The maximum Gasteiger partial charge on any atom is 0.305 e. The molecule has 1 fully saturated rings. The maximum atomic E-state index is 12.4. The smallest absolute Gasteiger partial charge is 0.305 e. The molecule has 3 rings (SSSR count). The lowest BCUT2D eigenvalue weighted by atomic mass is 9.74. The van der Waals surface area contributed by atoms with E-state index in [1.807, 2.05) is 26.0 Å². The van der Waals surface area contributed by atoms with Crippen LogP contribution < -0.4 is 5.32 Å². The van der Waals surface area contributed by atoms with Gasteiger partial charge in [0.05, 0.1) is 24.6 Å². The third-order valence-corrected chi connectivity index (χ3v) is 4.90. The number of carbonyl (C=O) groups is 2. The number of carbonyl (C=O) groups excluding carboxylic acids is 1. The number of aliphatic carboxylic acids is 1. The van der Waals surface area contributed by atoms with Crippen molar-refractivity contribution in [2.45, 2.75) is 51.5 Å². The van der Waals surface area contributed by atoms with Gasteiger partial charge in [-0.1, -0.05) is 12.1 Å². The summed E-state index contributed by atoms with van der Waals surface area (Å²) in [5, 5.41) is 12.9. The van der Waals surface area contributed by atoms with Crippen LogP contribution in [-0.2, 0) is 16.0 Å². The van der Waals surface area contributed by atoms with Crippen LogP contribution in [0, 0.1) is 13.8 Å². The van der Waals surface area contributed by atoms with Gasteiger partial charge < -0.3 is 14.8 Å². The van der Waals surface area contributed by atoms with Crippen LogP contribution in [0.3, 0.4) is 0 Å². The Balaban J connectivity index is 1.76. The average molecular weight is 315 g/mol. The summed E-state index contributed by atoms with van der Waals surface area (Å²) in [6.07, 6.45) is 4.24. The average Bonchev–Trinajstić information content (AvgIpc) is 2.83. The molecule has 0 saturated heterocycles. The van der Waals surface area contributed by atoms with Crippen LogP contribution in [-0.4, -0.2) is 22.5 Å². The molecule has 1 aromatic carbocycles. The SMILES string of the molecule is Cc1ccc2c(CC(=O)NC3(CC(=O)O)CCC3)coc2c1C. The molecular weight excluding hydrogens is 294 g/mol. The fourth-order valence-electron chi connectivity index (χ4n) is 3.28. The lowest BCUT2D eigenvalue weighted by Gasteiger charge is -2.41. The van der Waals surface area contributed by atoms with Crippen LogP contribution in [0.25, 0.3) is 11.0 Å². The minimum Gasteiger partial charge on any atom is -0.481 e. The van der Waals surface area contributed by atoms with E-state index >= 15 is 0 Å². The van der Waals surface area contributed by atoms with E-state index in [9.17, 15) is 9.59 Å². The summed E-state index contributed by atoms with van der Waals surface area (Å²) in [5.74, 6) is -1.02. The highest BCUT2D eigenvalue weighted by atomic mass is 16.4. The predicted molar refractivity (Wildman–Crippen MR) is 86.4 cm³/mol. The van der Waals surface area contributed by atoms with Crippen molar-refractivity contribution in [2.24, 2.45) is 0 Å². The first-order chi connectivity index (χ1) is 10.9. The van der Waals surface area contributed by atoms with E-state index in [1.54, 1.807) is 6.26 Å². The van der Waals surface area contributed by atoms with E-state index in [0.717, 1.165) is 46.9 Å². The summed E-state index contributed by atoms with van der Waals surface area (Å²) in [5.41, 5.74) is 3.32. The van der Waals surface area contributed by atoms with Gasteiger partial charge in [0.2, 0.25) is 5.91 Å². The van der Waals surface area contributed by atoms with E-state index in [-0.39, 0.29) is 18.7 Å². The summed E-state index contributed by atoms with van der Waals surface area (Å²) >= 11 is 0. The molecule has 0 unspecified atom stereocenters. The molecule has 5 heteroatoms. The third kappa shape index (κ3) is 2.96. The Hall–Kier alpha value is -2.30. The topological polar surface area (TPSA) is 79.5 Å². The molecule has 1 amide bonds. The molecule has 1 heterocycles. The molecule has 5 nitrogen and oxygen atoms in total. The van der Waals surface area contributed by atoms with Crippen molar-refractivity contribution in [1.82, 2.24) is 5.32 Å². The first-order valence-corrected chi connectivity index (χ1v) is 7.89. The van der Waals surface area contributed by atoms with Gasteiger partial charge in [-0.3, -0.25) is 9.59 Å². The molecule has 23 heavy (non-hydrogen) atoms. The maximum absolute atomic E-state index is 12.4. The van der Waals surface area contributed by atoms with Crippen molar-refractivity contribution in [3.8, 4) is 0 Å². The number of benzene rings is 1. The zero-order valence-electron chi connectivity index (χ0n) is 13.4. The molecule has 1 aromatic heterocycles. The Morgan fingerprint density at radius 1 is 1.30 bits per heavy atom. The Morgan fingerprint density at radius 2 is 2.04 bits per heavy atom. The number of carboxylic acids is 1. The largest absolute Gasteiger partial charge is 0.481 e. The number of carboxylic acid groups (broad SMARTS) is 1. The summed E-state index contributed by atoms with van der Waals surface area (Å²) in [7, 11) is 0. The van der Waals surface area contributed by atoms with Crippen LogP contribution in [0.15, 0.2) is 22.8 Å². The van der Waals surface area contributed by atoms with Crippen LogP contribution >= 0.6 is 0 Å². The van der Waals surface area contributed by atoms with Crippen molar-refractivity contribution in [2.75, 3.05) is 0 Å². The number of amides is 1. The Labute approximate surface area is 134 Å². The highest BCUT2D eigenvalue weighted by Gasteiger charge is 2.40. The van der Waals surface area contributed by atoms with Crippen molar-refractivity contribution < 1.29 is 19.1 Å². The lowest BCUT2D eigenvalue weighted by Crippen LogP contribution is -2.55. The molecule has 0 aliphatic heterocycles. The lowest BCUT2D eigenvalue weighted by molar-refractivity contribution is -0.140. The molecule has 0 atom stereocenters. The zero-order chi connectivity index (χ0) is 16.6. The molecule has 1 saturated carbocycles. The van der Waals surface area contributed by atoms with Gasteiger partial charge in [-0.05, 0) is 44.2 Å². The minimum absolute atomic E-state index is 0.0107. The normalized spacial score (nSPS) is 16.1. The molecular formula is C18H21NO4. The third-order valence-electron chi connectivity index (χ3n) is 4.90. The quantitative estimate of drug-likeness (QED) is 0.888. The summed E-state index contributed by atoms with van der Waals surface area (Å²) in [6.45, 7) is 4.02. The van der Waals surface area contributed by atoms with E-state index in [0.29, 0.717) is 0 Å². The summed E-state index contributed by atoms with van der Waals surface area (Å²) in [4.78, 5) is 23.3. The van der Waals surface area contributed by atoms with Gasteiger partial charge in [0.15, 0.2) is 0 Å². The molecule has 122 valence electrons. The molecule has 0 radical (unpaired) electrons. The van der Waals surface area contributed by atoms with Crippen LogP contribution in [0.2, 0.25) is 0 Å². The Morgan fingerprint density at radius 3 is 2.65 bits per heavy atom. The number of hydrogen-bond acceptors (Lipinski definition) is 3. The second kappa shape index (κ2) is 5.72.